The Morgan fingerprint density at radius 3 is 2.40 bits per heavy atom. The molecule has 10 heavy (non-hydrogen) atoms. The van der Waals surface area contributed by atoms with E-state index in [-0.39, 0.29) is 28.3 Å². The molecule has 0 aromatic heterocycles. The zero-order chi connectivity index (χ0) is 7.11. The Morgan fingerprint density at radius 2 is 2.00 bits per heavy atom. The van der Waals surface area contributed by atoms with Gasteiger partial charge in [-0.1, -0.05) is 0 Å². The van der Waals surface area contributed by atoms with Crippen molar-refractivity contribution in [2.24, 2.45) is 0 Å². The van der Waals surface area contributed by atoms with E-state index in [0.29, 0.717) is 6.61 Å². The monoisotopic (exact) mass is 182 g/mol. The zero-order valence-electron chi connectivity index (χ0n) is 6.05. The molecular weight excluding hydrogens is 172 g/mol. The van der Waals surface area contributed by atoms with E-state index in [1.807, 2.05) is 0 Å². The minimum Gasteiger partial charge on any atom is -0.382 e. The van der Waals surface area contributed by atoms with Crippen LogP contribution in [-0.4, -0.2) is 26.3 Å². The van der Waals surface area contributed by atoms with Crippen LogP contribution in [0.3, 0.4) is 0 Å². The van der Waals surface area contributed by atoms with Gasteiger partial charge in [0, 0.05) is 35.8 Å². The van der Waals surface area contributed by atoms with Crippen molar-refractivity contribution >= 4 is 5.97 Å². The fraction of sp³-hybridized carbons (Fsp3) is 0.800. The third-order valence-electron chi connectivity index (χ3n) is 0.547. The van der Waals surface area contributed by atoms with Crippen molar-refractivity contribution in [2.45, 2.75) is 6.92 Å². The fourth-order valence-corrected chi connectivity index (χ4v) is 0.242. The van der Waals surface area contributed by atoms with Crippen molar-refractivity contribution in [1.29, 1.82) is 0 Å². The first kappa shape index (κ1) is 12.8. The molecule has 0 aliphatic carbocycles. The van der Waals surface area contributed by atoms with Crippen molar-refractivity contribution in [2.75, 3.05) is 20.3 Å². The van der Waals surface area contributed by atoms with Crippen LogP contribution in [-0.2, 0) is 41.0 Å². The molecule has 0 aromatic rings. The molecule has 0 aliphatic rings. The molecular formula is C5H10O4Ti. The van der Waals surface area contributed by atoms with E-state index in [9.17, 15) is 4.79 Å². The van der Waals surface area contributed by atoms with Gasteiger partial charge in [0.15, 0.2) is 0 Å². The molecule has 4 nitrogen and oxygen atoms in total. The molecule has 5 heteroatoms. The van der Waals surface area contributed by atoms with E-state index in [1.54, 1.807) is 0 Å². The van der Waals surface area contributed by atoms with Crippen LogP contribution >= 0.6 is 0 Å². The van der Waals surface area contributed by atoms with Crippen LogP contribution in [0.1, 0.15) is 6.92 Å². The zero-order valence-corrected chi connectivity index (χ0v) is 7.61. The topological polar surface area (TPSA) is 44.8 Å². The first-order chi connectivity index (χ1) is 4.27. The van der Waals surface area contributed by atoms with Crippen LogP contribution in [0.25, 0.3) is 0 Å². The van der Waals surface area contributed by atoms with Gasteiger partial charge in [-0.15, -0.1) is 0 Å². The van der Waals surface area contributed by atoms with E-state index in [4.69, 9.17) is 0 Å². The van der Waals surface area contributed by atoms with Gasteiger partial charge in [-0.25, -0.2) is 4.79 Å². The predicted molar refractivity (Wildman–Crippen MR) is 29.6 cm³/mol. The molecule has 0 aromatic carbocycles. The Kier molecular flexibility index (Phi) is 11.6. The predicted octanol–water partition coefficient (Wildman–Crippen LogP) is 0.125. The van der Waals surface area contributed by atoms with Gasteiger partial charge < -0.3 is 4.74 Å². The average molecular weight is 182 g/mol. The van der Waals surface area contributed by atoms with Gasteiger partial charge in [0.25, 0.3) is 0 Å². The minimum atomic E-state index is -0.453. The van der Waals surface area contributed by atoms with Crippen molar-refractivity contribution in [3.05, 3.63) is 0 Å². The summed E-state index contributed by atoms with van der Waals surface area (Å²) in [4.78, 5) is 18.5. The summed E-state index contributed by atoms with van der Waals surface area (Å²) in [6, 6.07) is 0. The number of carbonyl (C=O) groups excluding carboxylic acids is 1. The maximum atomic E-state index is 10.0. The smallest absolute Gasteiger partial charge is 0.339 e. The molecule has 0 atom stereocenters. The number of ether oxygens (including phenoxy) is 1. The summed E-state index contributed by atoms with van der Waals surface area (Å²) in [5.41, 5.74) is 0. The van der Waals surface area contributed by atoms with E-state index in [0.717, 1.165) is 0 Å². The van der Waals surface area contributed by atoms with Gasteiger partial charge in [-0.2, -0.15) is 4.89 Å². The second kappa shape index (κ2) is 9.10. The Balaban J connectivity index is 0. The summed E-state index contributed by atoms with van der Waals surface area (Å²) in [5.74, 6) is -0.453. The first-order valence-electron chi connectivity index (χ1n) is 2.56. The van der Waals surface area contributed by atoms with E-state index >= 15 is 0 Å². The van der Waals surface area contributed by atoms with Crippen molar-refractivity contribution < 1.29 is 41.0 Å². The van der Waals surface area contributed by atoms with Gasteiger partial charge >= 0.3 is 5.97 Å². The van der Waals surface area contributed by atoms with Crippen LogP contribution in [0.15, 0.2) is 0 Å². The van der Waals surface area contributed by atoms with Crippen LogP contribution in [0.2, 0.25) is 0 Å². The summed E-state index contributed by atoms with van der Waals surface area (Å²) >= 11 is 0. The summed E-state index contributed by atoms with van der Waals surface area (Å²) < 4.78 is 4.61. The Bertz CT molecular complexity index is 85.7. The maximum Gasteiger partial charge on any atom is 0.339 e. The molecule has 58 valence electrons. The number of hydrogen-bond acceptors (Lipinski definition) is 4. The Hall–Kier alpha value is 0.104. The van der Waals surface area contributed by atoms with Gasteiger partial charge in [0.05, 0.1) is 6.61 Å². The molecule has 0 fully saturated rings. The molecule has 0 unspecified atom stereocenters. The van der Waals surface area contributed by atoms with Crippen molar-refractivity contribution in [3.63, 3.8) is 0 Å². The van der Waals surface area contributed by atoms with Gasteiger partial charge in [-0.05, 0) is 0 Å². The minimum absolute atomic E-state index is 0. The van der Waals surface area contributed by atoms with E-state index in [2.05, 4.69) is 14.5 Å². The fourth-order valence-electron chi connectivity index (χ4n) is 0.242. The molecule has 0 saturated heterocycles. The summed E-state index contributed by atoms with van der Waals surface area (Å²) in [7, 11) is 1.54. The van der Waals surface area contributed by atoms with Gasteiger partial charge in [0.2, 0.25) is 0 Å². The molecule has 0 aliphatic heterocycles. The summed E-state index contributed by atoms with van der Waals surface area (Å²) in [6.45, 7) is 1.97. The number of rotatable bonds is 4. The molecule has 0 N–H and O–H groups in total. The van der Waals surface area contributed by atoms with Gasteiger partial charge in [0.1, 0.15) is 6.61 Å². The molecule has 0 radical (unpaired) electrons. The SMILES string of the molecule is COCCOOC(C)=O.[Ti]. The third-order valence-corrected chi connectivity index (χ3v) is 0.547. The second-order valence-electron chi connectivity index (χ2n) is 1.39. The van der Waals surface area contributed by atoms with E-state index in [1.165, 1.54) is 14.0 Å². The van der Waals surface area contributed by atoms with Gasteiger partial charge in [-0.3, -0.25) is 4.89 Å². The van der Waals surface area contributed by atoms with Crippen LogP contribution in [0.4, 0.5) is 0 Å². The second-order valence-corrected chi connectivity index (χ2v) is 1.39. The first-order valence-corrected chi connectivity index (χ1v) is 2.56. The largest absolute Gasteiger partial charge is 0.382 e. The number of methoxy groups -OCH3 is 1. The molecule has 0 spiro atoms. The molecule has 0 bridgehead atoms. The molecule has 0 amide bonds. The van der Waals surface area contributed by atoms with E-state index < -0.39 is 5.97 Å². The van der Waals surface area contributed by atoms with Crippen LogP contribution in [0.5, 0.6) is 0 Å². The Labute approximate surface area is 74.6 Å². The summed E-state index contributed by atoms with van der Waals surface area (Å²) in [6.07, 6.45) is 0. The third kappa shape index (κ3) is 11.0. The molecule has 0 rings (SSSR count). The van der Waals surface area contributed by atoms with Crippen molar-refractivity contribution in [3.8, 4) is 0 Å². The van der Waals surface area contributed by atoms with Crippen LogP contribution < -0.4 is 0 Å². The van der Waals surface area contributed by atoms with Crippen LogP contribution in [0, 0.1) is 0 Å². The molecule has 0 heterocycles. The normalized spacial score (nSPS) is 8.20. The maximum absolute atomic E-state index is 10.0. The number of hydrogen-bond donors (Lipinski definition) is 0. The molecule has 0 saturated carbocycles. The number of carbonyl (C=O) groups is 1. The van der Waals surface area contributed by atoms with Crippen molar-refractivity contribution in [1.82, 2.24) is 0 Å². The standard InChI is InChI=1S/C5H10O4.Ti/c1-5(6)9-8-4-3-7-2;/h3-4H2,1-2H3;. The quantitative estimate of drug-likeness (QED) is 0.268. The Morgan fingerprint density at radius 1 is 1.40 bits per heavy atom. The average Bonchev–Trinajstić information content (AvgIpc) is 1.80. The summed E-state index contributed by atoms with van der Waals surface area (Å²) in [5, 5.41) is 0.